The van der Waals surface area contributed by atoms with Crippen LogP contribution in [-0.4, -0.2) is 33.2 Å². The van der Waals surface area contributed by atoms with Crippen LogP contribution in [0.15, 0.2) is 42.5 Å². The van der Waals surface area contributed by atoms with Crippen LogP contribution < -0.4 is 19.9 Å². The van der Waals surface area contributed by atoms with E-state index in [-0.39, 0.29) is 17.1 Å². The van der Waals surface area contributed by atoms with Crippen LogP contribution in [0.3, 0.4) is 0 Å². The van der Waals surface area contributed by atoms with Gasteiger partial charge in [0.25, 0.3) is 5.91 Å². The van der Waals surface area contributed by atoms with Gasteiger partial charge in [-0.25, -0.2) is 4.79 Å². The second-order valence-corrected chi connectivity index (χ2v) is 4.98. The molecule has 0 aliphatic heterocycles. The maximum Gasteiger partial charge on any atom is 0.343 e. The third kappa shape index (κ3) is 3.82. The maximum absolute atomic E-state index is 12.6. The summed E-state index contributed by atoms with van der Waals surface area (Å²) in [5, 5.41) is 0. The quantitative estimate of drug-likeness (QED) is 0.772. The fourth-order valence-electron chi connectivity index (χ4n) is 2.35. The van der Waals surface area contributed by atoms with Gasteiger partial charge in [0.1, 0.15) is 5.56 Å². The minimum absolute atomic E-state index is 0.0855. The lowest BCUT2D eigenvalue weighted by molar-refractivity contribution is -0.127. The number of carbonyl (C=O) groups is 2. The molecule has 1 unspecified atom stereocenters. The zero-order valence-electron chi connectivity index (χ0n) is 14.1. The number of carbonyl (C=O) groups excluding carboxylic acids is 2. The number of amides is 1. The van der Waals surface area contributed by atoms with Crippen molar-refractivity contribution in [3.05, 3.63) is 53.6 Å². The van der Waals surface area contributed by atoms with Crippen LogP contribution in [0.4, 0.5) is 0 Å². The Morgan fingerprint density at radius 3 is 2.04 bits per heavy atom. The summed E-state index contributed by atoms with van der Waals surface area (Å²) in [7, 11) is 4.27. The number of rotatable bonds is 7. The van der Waals surface area contributed by atoms with E-state index in [1.54, 1.807) is 36.4 Å². The van der Waals surface area contributed by atoms with Crippen molar-refractivity contribution in [1.29, 1.82) is 0 Å². The number of ether oxygens (including phenoxy) is 4. The summed E-state index contributed by atoms with van der Waals surface area (Å²) < 4.78 is 21.0. The summed E-state index contributed by atoms with van der Waals surface area (Å²) >= 11 is 0. The molecule has 0 saturated heterocycles. The first-order valence-electron chi connectivity index (χ1n) is 7.37. The molecule has 0 saturated carbocycles. The number of methoxy groups -OCH3 is 3. The standard InChI is InChI=1S/C18H19NO6/c1-22-13-10-9-12(15(23-2)16(13)24-3)18(21)25-14(17(19)20)11-7-5-4-6-8-11/h4-10,14H,1-3H3,(H2,19,20). The van der Waals surface area contributed by atoms with Gasteiger partial charge in [-0.3, -0.25) is 4.79 Å². The van der Waals surface area contributed by atoms with Crippen molar-refractivity contribution in [2.75, 3.05) is 21.3 Å². The lowest BCUT2D eigenvalue weighted by Crippen LogP contribution is -2.26. The predicted octanol–water partition coefficient (Wildman–Crippen LogP) is 2.10. The van der Waals surface area contributed by atoms with Gasteiger partial charge in [0.15, 0.2) is 11.5 Å². The highest BCUT2D eigenvalue weighted by atomic mass is 16.6. The zero-order chi connectivity index (χ0) is 18.4. The van der Waals surface area contributed by atoms with Crippen molar-refractivity contribution < 1.29 is 28.5 Å². The Kier molecular flexibility index (Phi) is 5.84. The van der Waals surface area contributed by atoms with Crippen molar-refractivity contribution in [2.24, 2.45) is 5.73 Å². The average molecular weight is 345 g/mol. The second kappa shape index (κ2) is 8.05. The van der Waals surface area contributed by atoms with E-state index in [9.17, 15) is 9.59 Å². The molecule has 0 aliphatic carbocycles. The first kappa shape index (κ1) is 18.1. The Labute approximate surface area is 145 Å². The van der Waals surface area contributed by atoms with E-state index in [0.717, 1.165) is 0 Å². The van der Waals surface area contributed by atoms with Gasteiger partial charge in [-0.2, -0.15) is 0 Å². The number of esters is 1. The Hall–Kier alpha value is -3.22. The van der Waals surface area contributed by atoms with Crippen molar-refractivity contribution >= 4 is 11.9 Å². The van der Waals surface area contributed by atoms with Gasteiger partial charge in [0.05, 0.1) is 21.3 Å². The SMILES string of the molecule is COc1ccc(C(=O)OC(C(N)=O)c2ccccc2)c(OC)c1OC. The summed E-state index contributed by atoms with van der Waals surface area (Å²) in [6.45, 7) is 0. The van der Waals surface area contributed by atoms with Gasteiger partial charge < -0.3 is 24.7 Å². The van der Waals surface area contributed by atoms with Crippen LogP contribution in [0.25, 0.3) is 0 Å². The molecule has 0 spiro atoms. The molecule has 0 aromatic heterocycles. The highest BCUT2D eigenvalue weighted by Crippen LogP contribution is 2.40. The number of hydrogen-bond donors (Lipinski definition) is 1. The molecule has 2 rings (SSSR count). The lowest BCUT2D eigenvalue weighted by atomic mass is 10.1. The van der Waals surface area contributed by atoms with E-state index in [1.807, 2.05) is 0 Å². The smallest absolute Gasteiger partial charge is 0.343 e. The minimum atomic E-state index is -1.22. The predicted molar refractivity (Wildman–Crippen MR) is 89.9 cm³/mol. The molecule has 1 atom stereocenters. The van der Waals surface area contributed by atoms with E-state index in [0.29, 0.717) is 11.3 Å². The molecule has 132 valence electrons. The molecular weight excluding hydrogens is 326 g/mol. The van der Waals surface area contributed by atoms with Crippen LogP contribution in [0.1, 0.15) is 22.0 Å². The molecule has 25 heavy (non-hydrogen) atoms. The normalized spacial score (nSPS) is 11.3. The molecule has 0 aliphatic rings. The molecular formula is C18H19NO6. The first-order valence-corrected chi connectivity index (χ1v) is 7.37. The average Bonchev–Trinajstić information content (AvgIpc) is 2.64. The molecule has 0 fully saturated rings. The maximum atomic E-state index is 12.6. The van der Waals surface area contributed by atoms with Crippen LogP contribution in [0.2, 0.25) is 0 Å². The van der Waals surface area contributed by atoms with Crippen LogP contribution in [0.5, 0.6) is 17.2 Å². The molecule has 2 aromatic carbocycles. The summed E-state index contributed by atoms with van der Waals surface area (Å²) in [6, 6.07) is 11.5. The zero-order valence-corrected chi connectivity index (χ0v) is 14.1. The van der Waals surface area contributed by atoms with Crippen molar-refractivity contribution in [1.82, 2.24) is 0 Å². The molecule has 2 aromatic rings. The highest BCUT2D eigenvalue weighted by Gasteiger charge is 2.27. The molecule has 7 nitrogen and oxygen atoms in total. The lowest BCUT2D eigenvalue weighted by Gasteiger charge is -2.18. The number of primary amides is 1. The number of hydrogen-bond acceptors (Lipinski definition) is 6. The summed E-state index contributed by atoms with van der Waals surface area (Å²) in [5.41, 5.74) is 5.94. The summed E-state index contributed by atoms with van der Waals surface area (Å²) in [6.07, 6.45) is -1.22. The van der Waals surface area contributed by atoms with Gasteiger partial charge >= 0.3 is 5.97 Å². The molecule has 0 bridgehead atoms. The monoisotopic (exact) mass is 345 g/mol. The van der Waals surface area contributed by atoms with Gasteiger partial charge in [-0.05, 0) is 12.1 Å². The molecule has 0 radical (unpaired) electrons. The van der Waals surface area contributed by atoms with E-state index in [2.05, 4.69) is 0 Å². The summed E-state index contributed by atoms with van der Waals surface area (Å²) in [5.74, 6) is -0.771. The number of nitrogens with two attached hydrogens (primary N) is 1. The molecule has 1 amide bonds. The Morgan fingerprint density at radius 2 is 1.52 bits per heavy atom. The van der Waals surface area contributed by atoms with Crippen LogP contribution >= 0.6 is 0 Å². The molecule has 2 N–H and O–H groups in total. The van der Waals surface area contributed by atoms with Crippen LogP contribution in [-0.2, 0) is 9.53 Å². The Morgan fingerprint density at radius 1 is 0.880 bits per heavy atom. The van der Waals surface area contributed by atoms with Crippen molar-refractivity contribution in [2.45, 2.75) is 6.10 Å². The van der Waals surface area contributed by atoms with Crippen molar-refractivity contribution in [3.8, 4) is 17.2 Å². The van der Waals surface area contributed by atoms with E-state index in [1.165, 1.54) is 27.4 Å². The highest BCUT2D eigenvalue weighted by molar-refractivity contribution is 5.96. The van der Waals surface area contributed by atoms with E-state index < -0.39 is 18.0 Å². The van der Waals surface area contributed by atoms with Gasteiger partial charge in [0.2, 0.25) is 11.9 Å². The van der Waals surface area contributed by atoms with Gasteiger partial charge in [-0.15, -0.1) is 0 Å². The van der Waals surface area contributed by atoms with E-state index >= 15 is 0 Å². The Bertz CT molecular complexity index is 760. The molecule has 7 heteroatoms. The number of benzene rings is 2. The van der Waals surface area contributed by atoms with E-state index in [4.69, 9.17) is 24.7 Å². The van der Waals surface area contributed by atoms with Crippen molar-refractivity contribution in [3.63, 3.8) is 0 Å². The third-order valence-corrected chi connectivity index (χ3v) is 3.51. The largest absolute Gasteiger partial charge is 0.493 e. The minimum Gasteiger partial charge on any atom is -0.493 e. The third-order valence-electron chi connectivity index (χ3n) is 3.51. The fraction of sp³-hybridized carbons (Fsp3) is 0.222. The van der Waals surface area contributed by atoms with Gasteiger partial charge in [0, 0.05) is 5.56 Å². The fourth-order valence-corrected chi connectivity index (χ4v) is 2.35. The van der Waals surface area contributed by atoms with Crippen LogP contribution in [0, 0.1) is 0 Å². The Balaban J connectivity index is 2.38. The first-order chi connectivity index (χ1) is 12.0. The second-order valence-electron chi connectivity index (χ2n) is 4.98. The van der Waals surface area contributed by atoms with Gasteiger partial charge in [-0.1, -0.05) is 30.3 Å². The molecule has 0 heterocycles. The summed E-state index contributed by atoms with van der Waals surface area (Å²) in [4.78, 5) is 24.3. The topological polar surface area (TPSA) is 97.1 Å².